The van der Waals surface area contributed by atoms with Gasteiger partial charge in [-0.3, -0.25) is 0 Å². The molecule has 0 heterocycles. The molecular weight excluding hydrogens is 367 g/mol. The second-order valence-corrected chi connectivity index (χ2v) is 9.34. The quantitative estimate of drug-likeness (QED) is 0.133. The van der Waals surface area contributed by atoms with Crippen molar-refractivity contribution in [3.63, 3.8) is 0 Å². The van der Waals surface area contributed by atoms with Crippen molar-refractivity contribution in [1.29, 1.82) is 0 Å². The Balaban J connectivity index is 3.80. The van der Waals surface area contributed by atoms with Crippen molar-refractivity contribution in [2.24, 2.45) is 5.92 Å². The zero-order valence-corrected chi connectivity index (χ0v) is 20.0. The van der Waals surface area contributed by atoms with E-state index in [0.717, 1.165) is 18.8 Å². The molecular formula is C24H50O3P+. The summed E-state index contributed by atoms with van der Waals surface area (Å²) < 4.78 is 15.2. The van der Waals surface area contributed by atoms with Crippen LogP contribution in [0.1, 0.15) is 142 Å². The van der Waals surface area contributed by atoms with Crippen LogP contribution in [-0.2, 0) is 9.09 Å². The van der Waals surface area contributed by atoms with Gasteiger partial charge in [0.05, 0.1) is 0 Å². The Morgan fingerprint density at radius 3 is 1.36 bits per heavy atom. The van der Waals surface area contributed by atoms with Crippen LogP contribution in [0, 0.1) is 5.92 Å². The molecule has 28 heavy (non-hydrogen) atoms. The van der Waals surface area contributed by atoms with Gasteiger partial charge < -0.3 is 0 Å². The lowest BCUT2D eigenvalue weighted by Gasteiger charge is -2.17. The summed E-state index contributed by atoms with van der Waals surface area (Å²) >= 11 is 0. The molecule has 0 aliphatic rings. The topological polar surface area (TPSA) is 46.5 Å². The Morgan fingerprint density at radius 1 is 0.607 bits per heavy atom. The molecule has 0 radical (unpaired) electrons. The first-order chi connectivity index (χ1) is 13.7. The minimum Gasteiger partial charge on any atom is -0.133 e. The van der Waals surface area contributed by atoms with Crippen molar-refractivity contribution >= 4 is 8.25 Å². The van der Waals surface area contributed by atoms with Crippen molar-refractivity contribution in [3.05, 3.63) is 0 Å². The number of hydrogen-bond acceptors (Lipinski definition) is 2. The van der Waals surface area contributed by atoms with E-state index in [-0.39, 0.29) is 0 Å². The Labute approximate surface area is 177 Å². The molecule has 0 bridgehead atoms. The standard InChI is InChI=1S/C24H49O3P/c1-3-5-7-9-12-16-20-24(21-17-13-10-8-6-4-2)22-18-14-11-15-19-23-27-28(25)26/h24H,3-23H2,1-2H3/p+1. The van der Waals surface area contributed by atoms with Gasteiger partial charge in [0.1, 0.15) is 6.61 Å². The molecule has 0 amide bonds. The molecule has 3 nitrogen and oxygen atoms in total. The van der Waals surface area contributed by atoms with Crippen molar-refractivity contribution in [1.82, 2.24) is 0 Å². The summed E-state index contributed by atoms with van der Waals surface area (Å²) in [6.07, 6.45) is 27.1. The van der Waals surface area contributed by atoms with Gasteiger partial charge in [-0.05, 0) is 12.3 Å². The SMILES string of the molecule is CCCCCCCCC(CCCCCCCC)CCCCCCCO[P+](=O)O. The van der Waals surface area contributed by atoms with Crippen molar-refractivity contribution < 1.29 is 14.0 Å². The third kappa shape index (κ3) is 22.3. The maximum absolute atomic E-state index is 10.5. The predicted octanol–water partition coefficient (Wildman–Crippen LogP) is 9.11. The van der Waals surface area contributed by atoms with Crippen molar-refractivity contribution in [2.75, 3.05) is 6.61 Å². The van der Waals surface area contributed by atoms with E-state index in [1.54, 1.807) is 0 Å². The van der Waals surface area contributed by atoms with Gasteiger partial charge in [-0.2, -0.15) is 0 Å². The summed E-state index contributed by atoms with van der Waals surface area (Å²) in [5.41, 5.74) is 0. The average molecular weight is 418 g/mol. The highest BCUT2D eigenvalue weighted by Crippen LogP contribution is 2.25. The maximum Gasteiger partial charge on any atom is 0.694 e. The van der Waals surface area contributed by atoms with Gasteiger partial charge in [-0.1, -0.05) is 136 Å². The van der Waals surface area contributed by atoms with E-state index < -0.39 is 8.25 Å². The number of rotatable bonds is 23. The Hall–Kier alpha value is 0.0200. The second-order valence-electron chi connectivity index (χ2n) is 8.61. The Kier molecular flexibility index (Phi) is 23.3. The van der Waals surface area contributed by atoms with Gasteiger partial charge in [0.15, 0.2) is 0 Å². The van der Waals surface area contributed by atoms with Crippen LogP contribution in [0.5, 0.6) is 0 Å². The first-order valence-electron chi connectivity index (χ1n) is 12.5. The van der Waals surface area contributed by atoms with Crippen LogP contribution in [-0.4, -0.2) is 11.5 Å². The van der Waals surface area contributed by atoms with Gasteiger partial charge >= 0.3 is 8.25 Å². The Morgan fingerprint density at radius 2 is 0.964 bits per heavy atom. The molecule has 0 aromatic heterocycles. The van der Waals surface area contributed by atoms with Crippen LogP contribution < -0.4 is 0 Å². The molecule has 0 saturated carbocycles. The molecule has 0 aromatic rings. The highest BCUT2D eigenvalue weighted by molar-refractivity contribution is 7.32. The lowest BCUT2D eigenvalue weighted by atomic mass is 9.89. The molecule has 0 aliphatic carbocycles. The molecule has 1 atom stereocenters. The summed E-state index contributed by atoms with van der Waals surface area (Å²) in [5, 5.41) is 0. The van der Waals surface area contributed by atoms with Gasteiger partial charge in [0, 0.05) is 4.57 Å². The number of hydrogen-bond donors (Lipinski definition) is 1. The molecule has 0 saturated heterocycles. The van der Waals surface area contributed by atoms with Gasteiger partial charge in [0.25, 0.3) is 0 Å². The molecule has 0 spiro atoms. The van der Waals surface area contributed by atoms with Crippen LogP contribution >= 0.6 is 8.25 Å². The smallest absolute Gasteiger partial charge is 0.133 e. The summed E-state index contributed by atoms with van der Waals surface area (Å²) in [6.45, 7) is 5.00. The van der Waals surface area contributed by atoms with Crippen LogP contribution in [0.4, 0.5) is 0 Å². The molecule has 1 unspecified atom stereocenters. The minimum absolute atomic E-state index is 0.421. The highest BCUT2D eigenvalue weighted by Gasteiger charge is 2.11. The normalized spacial score (nSPS) is 12.1. The number of unbranched alkanes of at least 4 members (excludes halogenated alkanes) is 14. The van der Waals surface area contributed by atoms with Crippen LogP contribution in [0.25, 0.3) is 0 Å². The van der Waals surface area contributed by atoms with E-state index in [2.05, 4.69) is 13.8 Å². The van der Waals surface area contributed by atoms with Gasteiger partial charge in [-0.15, -0.1) is 9.42 Å². The molecule has 168 valence electrons. The highest BCUT2D eigenvalue weighted by atomic mass is 31.1. The van der Waals surface area contributed by atoms with E-state index in [9.17, 15) is 4.57 Å². The lowest BCUT2D eigenvalue weighted by Crippen LogP contribution is -2.02. The first-order valence-corrected chi connectivity index (χ1v) is 13.6. The molecule has 1 N–H and O–H groups in total. The third-order valence-electron chi connectivity index (χ3n) is 5.89. The average Bonchev–Trinajstić information content (AvgIpc) is 2.68. The van der Waals surface area contributed by atoms with Crippen LogP contribution in [0.3, 0.4) is 0 Å². The lowest BCUT2D eigenvalue weighted by molar-refractivity contribution is 0.273. The summed E-state index contributed by atoms with van der Waals surface area (Å²) in [5.74, 6) is 0.944. The van der Waals surface area contributed by atoms with Gasteiger partial charge in [0.2, 0.25) is 0 Å². The summed E-state index contributed by atoms with van der Waals surface area (Å²) in [6, 6.07) is 0. The molecule has 0 rings (SSSR count). The largest absolute Gasteiger partial charge is 0.694 e. The van der Waals surface area contributed by atoms with Gasteiger partial charge in [-0.25, -0.2) is 0 Å². The zero-order valence-electron chi connectivity index (χ0n) is 19.1. The van der Waals surface area contributed by atoms with E-state index in [0.29, 0.717) is 6.61 Å². The Bertz CT molecular complexity index is 307. The molecule has 0 aliphatic heterocycles. The first kappa shape index (κ1) is 28.0. The fourth-order valence-electron chi connectivity index (χ4n) is 4.07. The zero-order chi connectivity index (χ0) is 20.7. The monoisotopic (exact) mass is 417 g/mol. The van der Waals surface area contributed by atoms with Crippen LogP contribution in [0.15, 0.2) is 0 Å². The molecule has 0 aromatic carbocycles. The second kappa shape index (κ2) is 23.3. The third-order valence-corrected chi connectivity index (χ3v) is 6.29. The summed E-state index contributed by atoms with van der Waals surface area (Å²) in [7, 11) is -2.41. The van der Waals surface area contributed by atoms with E-state index in [1.807, 2.05) is 0 Å². The van der Waals surface area contributed by atoms with Crippen molar-refractivity contribution in [3.8, 4) is 0 Å². The van der Waals surface area contributed by atoms with Crippen LogP contribution in [0.2, 0.25) is 0 Å². The van der Waals surface area contributed by atoms with E-state index in [4.69, 9.17) is 9.42 Å². The fourth-order valence-corrected chi connectivity index (χ4v) is 4.35. The fraction of sp³-hybridized carbons (Fsp3) is 1.00. The molecule has 0 fully saturated rings. The van der Waals surface area contributed by atoms with E-state index >= 15 is 0 Å². The van der Waals surface area contributed by atoms with E-state index in [1.165, 1.54) is 116 Å². The minimum atomic E-state index is -2.41. The predicted molar refractivity (Wildman–Crippen MR) is 123 cm³/mol. The van der Waals surface area contributed by atoms with Crippen molar-refractivity contribution in [2.45, 2.75) is 142 Å². The summed E-state index contributed by atoms with van der Waals surface area (Å²) in [4.78, 5) is 8.60. The molecule has 4 heteroatoms. The maximum atomic E-state index is 10.5.